The zero-order valence-corrected chi connectivity index (χ0v) is 9.03. The maximum absolute atomic E-state index is 10.2. The molecule has 1 heterocycles. The van der Waals surface area contributed by atoms with Crippen molar-refractivity contribution in [1.29, 1.82) is 0 Å². The van der Waals surface area contributed by atoms with Gasteiger partial charge in [-0.25, -0.2) is 20.0 Å². The molecule has 86 valence electrons. The van der Waals surface area contributed by atoms with Crippen LogP contribution in [0.2, 0.25) is 0 Å². The third kappa shape index (κ3) is 5.55. The molecular weight excluding hydrogens is 210 g/mol. The van der Waals surface area contributed by atoms with Crippen molar-refractivity contribution in [2.24, 2.45) is 15.7 Å². The summed E-state index contributed by atoms with van der Waals surface area (Å²) in [5, 5.41) is 7.00. The maximum atomic E-state index is 10.2. The zero-order chi connectivity index (χ0) is 12.4. The van der Waals surface area contributed by atoms with E-state index in [1.807, 2.05) is 0 Å². The second kappa shape index (κ2) is 8.18. The van der Waals surface area contributed by atoms with Crippen molar-refractivity contribution in [2.75, 3.05) is 7.11 Å². The van der Waals surface area contributed by atoms with E-state index < -0.39 is 0 Å². The van der Waals surface area contributed by atoms with Gasteiger partial charge in [0.2, 0.25) is 0 Å². The fourth-order valence-corrected chi connectivity index (χ4v) is 0.638. The molecule has 0 aromatic carbocycles. The second-order valence-corrected chi connectivity index (χ2v) is 2.43. The number of amidine groups is 1. The Bertz CT molecular complexity index is 368. The highest BCUT2D eigenvalue weighted by Gasteiger charge is 1.92. The van der Waals surface area contributed by atoms with Crippen LogP contribution < -0.4 is 5.73 Å². The monoisotopic (exact) mass is 223 g/mol. The van der Waals surface area contributed by atoms with Gasteiger partial charge in [0.25, 0.3) is 0 Å². The molecular formula is C9H13N5O2. The summed E-state index contributed by atoms with van der Waals surface area (Å²) in [5.74, 6) is 0.784. The van der Waals surface area contributed by atoms with E-state index in [1.54, 1.807) is 6.92 Å². The molecule has 0 aliphatic carbocycles. The van der Waals surface area contributed by atoms with E-state index in [0.29, 0.717) is 17.9 Å². The smallest absolute Gasteiger partial charge is 0.172 e. The first-order chi connectivity index (χ1) is 7.72. The van der Waals surface area contributed by atoms with Gasteiger partial charge in [0, 0.05) is 7.11 Å². The number of aromatic nitrogens is 2. The molecule has 1 rings (SSSR count). The fourth-order valence-electron chi connectivity index (χ4n) is 0.638. The van der Waals surface area contributed by atoms with E-state index in [4.69, 9.17) is 10.8 Å². The number of nitrogens with two attached hydrogens (primary N) is 1. The molecule has 1 aromatic heterocycles. The summed E-state index contributed by atoms with van der Waals surface area (Å²) in [7, 11) is 1.00. The number of nitrogens with zero attached hydrogens (tertiary/aromatic N) is 4. The Morgan fingerprint density at radius 3 is 2.56 bits per heavy atom. The Morgan fingerprint density at radius 1 is 1.44 bits per heavy atom. The van der Waals surface area contributed by atoms with Crippen LogP contribution in [0.3, 0.4) is 0 Å². The minimum atomic E-state index is 0.266. The van der Waals surface area contributed by atoms with Crippen molar-refractivity contribution in [1.82, 2.24) is 9.97 Å². The van der Waals surface area contributed by atoms with Gasteiger partial charge in [-0.3, -0.25) is 4.79 Å². The van der Waals surface area contributed by atoms with Crippen LogP contribution in [0.1, 0.15) is 17.4 Å². The summed E-state index contributed by atoms with van der Waals surface area (Å²) < 4.78 is 0. The summed E-state index contributed by atoms with van der Waals surface area (Å²) >= 11 is 0. The lowest BCUT2D eigenvalue weighted by Gasteiger charge is -1.90. The molecule has 7 nitrogen and oxygen atoms in total. The van der Waals surface area contributed by atoms with Crippen molar-refractivity contribution in [3.63, 3.8) is 0 Å². The quantitative estimate of drug-likeness (QED) is 0.423. The molecule has 3 N–H and O–H groups in total. The first-order valence-corrected chi connectivity index (χ1v) is 4.26. The van der Waals surface area contributed by atoms with Gasteiger partial charge in [0.15, 0.2) is 12.1 Å². The minimum Gasteiger partial charge on any atom is -0.400 e. The summed E-state index contributed by atoms with van der Waals surface area (Å²) in [6.07, 6.45) is 4.60. The van der Waals surface area contributed by atoms with Crippen LogP contribution in [-0.4, -0.2) is 40.6 Å². The van der Waals surface area contributed by atoms with Gasteiger partial charge in [0.1, 0.15) is 12.0 Å². The van der Waals surface area contributed by atoms with Crippen molar-refractivity contribution >= 4 is 24.3 Å². The van der Waals surface area contributed by atoms with Crippen LogP contribution >= 0.6 is 0 Å². The second-order valence-electron chi connectivity index (χ2n) is 2.43. The molecule has 0 bridgehead atoms. The van der Waals surface area contributed by atoms with Crippen molar-refractivity contribution in [2.45, 2.75) is 6.92 Å². The Hall–Kier alpha value is -2.15. The van der Waals surface area contributed by atoms with Gasteiger partial charge in [0.05, 0.1) is 18.2 Å². The van der Waals surface area contributed by atoms with Crippen LogP contribution in [0.15, 0.2) is 22.4 Å². The van der Waals surface area contributed by atoms with E-state index in [9.17, 15) is 4.79 Å². The molecule has 0 atom stereocenters. The highest BCUT2D eigenvalue weighted by molar-refractivity contribution is 5.85. The Kier molecular flexibility index (Phi) is 7.08. The lowest BCUT2D eigenvalue weighted by molar-refractivity contribution is 0.111. The number of rotatable bonds is 3. The van der Waals surface area contributed by atoms with Gasteiger partial charge >= 0.3 is 0 Å². The van der Waals surface area contributed by atoms with E-state index >= 15 is 0 Å². The van der Waals surface area contributed by atoms with E-state index in [0.717, 1.165) is 7.11 Å². The van der Waals surface area contributed by atoms with Gasteiger partial charge in [-0.15, -0.1) is 0 Å². The first-order valence-electron chi connectivity index (χ1n) is 4.26. The third-order valence-electron chi connectivity index (χ3n) is 1.23. The zero-order valence-electron chi connectivity index (χ0n) is 9.03. The summed E-state index contributed by atoms with van der Waals surface area (Å²) in [5.41, 5.74) is 5.54. The number of carbonyl (C=O) groups is 1. The van der Waals surface area contributed by atoms with E-state index in [1.165, 1.54) is 18.7 Å². The Labute approximate surface area is 92.8 Å². The molecule has 0 saturated heterocycles. The minimum absolute atomic E-state index is 0.266. The molecule has 7 heteroatoms. The largest absolute Gasteiger partial charge is 0.400 e. The van der Waals surface area contributed by atoms with Gasteiger partial charge in [-0.05, 0) is 6.92 Å². The number of carbonyl (C=O) groups excluding carboxylic acids is 1. The average Bonchev–Trinajstić information content (AvgIpc) is 2.32. The standard InChI is InChI=1S/C8H9N5O.CH4O/c1-6(9)12-5-13-8-3-10-7(4-14)2-11-8;1-2/h2-5H,1H3,(H2,9,11,12,13);2H,1H3. The summed E-state index contributed by atoms with van der Waals surface area (Å²) in [4.78, 5) is 25.4. The normalized spacial score (nSPS) is 10.8. The number of hydrogen-bond acceptors (Lipinski definition) is 5. The van der Waals surface area contributed by atoms with Crippen molar-refractivity contribution in [3.8, 4) is 0 Å². The van der Waals surface area contributed by atoms with Crippen molar-refractivity contribution in [3.05, 3.63) is 18.1 Å². The highest BCUT2D eigenvalue weighted by Crippen LogP contribution is 2.02. The Morgan fingerprint density at radius 2 is 2.12 bits per heavy atom. The van der Waals surface area contributed by atoms with Crippen LogP contribution in [0.4, 0.5) is 5.82 Å². The lowest BCUT2D eigenvalue weighted by atomic mass is 10.5. The molecule has 1 aromatic rings. The maximum Gasteiger partial charge on any atom is 0.172 e. The molecule has 0 fully saturated rings. The number of aliphatic hydroxyl groups is 1. The topological polar surface area (TPSA) is 114 Å². The average molecular weight is 223 g/mol. The Balaban J connectivity index is 0.00000106. The molecule has 0 unspecified atom stereocenters. The number of aliphatic imine (C=N–C) groups is 2. The molecule has 0 spiro atoms. The highest BCUT2D eigenvalue weighted by atomic mass is 16.2. The molecule has 0 radical (unpaired) electrons. The van der Waals surface area contributed by atoms with Crippen LogP contribution in [0.25, 0.3) is 0 Å². The van der Waals surface area contributed by atoms with E-state index in [-0.39, 0.29) is 5.69 Å². The van der Waals surface area contributed by atoms with Gasteiger partial charge in [-0.2, -0.15) is 0 Å². The van der Waals surface area contributed by atoms with Crippen LogP contribution in [-0.2, 0) is 0 Å². The van der Waals surface area contributed by atoms with Crippen molar-refractivity contribution < 1.29 is 9.90 Å². The molecule has 16 heavy (non-hydrogen) atoms. The van der Waals surface area contributed by atoms with Gasteiger partial charge < -0.3 is 10.8 Å². The molecule has 0 aliphatic heterocycles. The molecule has 0 amide bonds. The predicted molar refractivity (Wildman–Crippen MR) is 61.0 cm³/mol. The van der Waals surface area contributed by atoms with Gasteiger partial charge in [-0.1, -0.05) is 0 Å². The van der Waals surface area contributed by atoms with Crippen LogP contribution in [0, 0.1) is 0 Å². The van der Waals surface area contributed by atoms with Crippen LogP contribution in [0.5, 0.6) is 0 Å². The number of aldehydes is 1. The van der Waals surface area contributed by atoms with E-state index in [2.05, 4.69) is 20.0 Å². The number of hydrogen-bond donors (Lipinski definition) is 2. The number of aliphatic hydroxyl groups excluding tert-OH is 1. The SMILES string of the molecule is CC(N)=NC=Nc1cnc(C=O)cn1.CO. The fraction of sp³-hybridized carbons (Fsp3) is 0.222. The summed E-state index contributed by atoms with van der Waals surface area (Å²) in [6.45, 7) is 1.65. The molecule has 0 aliphatic rings. The lowest BCUT2D eigenvalue weighted by Crippen LogP contribution is -2.04. The molecule has 0 saturated carbocycles. The predicted octanol–water partition coefficient (Wildman–Crippen LogP) is -0.0655. The summed E-state index contributed by atoms with van der Waals surface area (Å²) in [6, 6.07) is 0. The first kappa shape index (κ1) is 13.8. The third-order valence-corrected chi connectivity index (χ3v) is 1.23.